The van der Waals surface area contributed by atoms with Crippen LogP contribution in [-0.2, 0) is 0 Å². The molecule has 1 heterocycles. The zero-order valence-electron chi connectivity index (χ0n) is 11.2. The van der Waals surface area contributed by atoms with E-state index in [4.69, 9.17) is 0 Å². The fraction of sp³-hybridized carbons (Fsp3) is 0.235. The van der Waals surface area contributed by atoms with Gasteiger partial charge in [-0.15, -0.1) is 0 Å². The highest BCUT2D eigenvalue weighted by Gasteiger charge is 2.07. The van der Waals surface area contributed by atoms with Gasteiger partial charge in [0.05, 0.1) is 0 Å². The lowest BCUT2D eigenvalue weighted by Gasteiger charge is -2.22. The minimum atomic E-state index is 0.944. The van der Waals surface area contributed by atoms with Gasteiger partial charge < -0.3 is 4.90 Å². The fourth-order valence-corrected chi connectivity index (χ4v) is 2.48. The van der Waals surface area contributed by atoms with E-state index in [9.17, 15) is 0 Å². The SMILES string of the molecule is CN1CCCN=C1/C=C/c1cccc2ccccc12. The Kier molecular flexibility index (Phi) is 3.32. The second-order valence-electron chi connectivity index (χ2n) is 4.92. The van der Waals surface area contributed by atoms with Crippen LogP contribution in [0.2, 0.25) is 0 Å². The van der Waals surface area contributed by atoms with Crippen molar-refractivity contribution in [3.63, 3.8) is 0 Å². The summed E-state index contributed by atoms with van der Waals surface area (Å²) in [5.74, 6) is 1.08. The highest BCUT2D eigenvalue weighted by molar-refractivity contribution is 5.99. The molecule has 1 aliphatic heterocycles. The number of rotatable bonds is 2. The Balaban J connectivity index is 1.95. The maximum absolute atomic E-state index is 4.56. The van der Waals surface area contributed by atoms with Gasteiger partial charge in [0.25, 0.3) is 0 Å². The highest BCUT2D eigenvalue weighted by atomic mass is 15.2. The Bertz CT molecular complexity index is 635. The third-order valence-corrected chi connectivity index (χ3v) is 3.55. The molecule has 2 nitrogen and oxygen atoms in total. The van der Waals surface area contributed by atoms with E-state index >= 15 is 0 Å². The molecule has 0 fully saturated rings. The van der Waals surface area contributed by atoms with E-state index in [0.717, 1.165) is 25.3 Å². The van der Waals surface area contributed by atoms with E-state index in [1.54, 1.807) is 0 Å². The summed E-state index contributed by atoms with van der Waals surface area (Å²) < 4.78 is 0. The van der Waals surface area contributed by atoms with Crippen LogP contribution in [0.15, 0.2) is 53.5 Å². The summed E-state index contributed by atoms with van der Waals surface area (Å²) in [5.41, 5.74) is 1.25. The number of likely N-dealkylation sites (N-methyl/N-ethyl adjacent to an activating group) is 1. The topological polar surface area (TPSA) is 15.6 Å². The highest BCUT2D eigenvalue weighted by Crippen LogP contribution is 2.19. The average Bonchev–Trinajstić information content (AvgIpc) is 2.46. The molecule has 1 aliphatic rings. The third-order valence-electron chi connectivity index (χ3n) is 3.55. The summed E-state index contributed by atoms with van der Waals surface area (Å²) in [4.78, 5) is 6.77. The van der Waals surface area contributed by atoms with Crippen LogP contribution in [0.3, 0.4) is 0 Å². The van der Waals surface area contributed by atoms with Crippen LogP contribution in [0.25, 0.3) is 16.8 Å². The Morgan fingerprint density at radius 3 is 2.79 bits per heavy atom. The Labute approximate surface area is 114 Å². The first-order valence-corrected chi connectivity index (χ1v) is 6.76. The Hall–Kier alpha value is -2.09. The lowest BCUT2D eigenvalue weighted by molar-refractivity contribution is 0.470. The third kappa shape index (κ3) is 2.53. The van der Waals surface area contributed by atoms with Crippen LogP contribution >= 0.6 is 0 Å². The van der Waals surface area contributed by atoms with Gasteiger partial charge in [-0.25, -0.2) is 0 Å². The molecule has 0 aromatic heterocycles. The van der Waals surface area contributed by atoms with Crippen molar-refractivity contribution in [3.8, 4) is 0 Å². The molecule has 0 saturated carbocycles. The largest absolute Gasteiger partial charge is 0.360 e. The number of fused-ring (bicyclic) bond motifs is 1. The quantitative estimate of drug-likeness (QED) is 0.795. The van der Waals surface area contributed by atoms with Gasteiger partial charge in [0.2, 0.25) is 0 Å². The van der Waals surface area contributed by atoms with E-state index in [1.807, 2.05) is 0 Å². The van der Waals surface area contributed by atoms with E-state index in [-0.39, 0.29) is 0 Å². The first-order chi connectivity index (χ1) is 9.34. The van der Waals surface area contributed by atoms with E-state index in [0.29, 0.717) is 0 Å². The second-order valence-corrected chi connectivity index (χ2v) is 4.92. The summed E-state index contributed by atoms with van der Waals surface area (Å²) >= 11 is 0. The van der Waals surface area contributed by atoms with Crippen LogP contribution < -0.4 is 0 Å². The standard InChI is InChI=1S/C17H18N2/c1-19-13-5-12-18-17(19)11-10-15-8-4-7-14-6-2-3-9-16(14)15/h2-4,6-11H,5,12-13H2,1H3/b11-10+. The van der Waals surface area contributed by atoms with Crippen LogP contribution in [-0.4, -0.2) is 30.9 Å². The molecule has 0 amide bonds. The molecule has 0 saturated heterocycles. The van der Waals surface area contributed by atoms with E-state index in [1.165, 1.54) is 16.3 Å². The van der Waals surface area contributed by atoms with Gasteiger partial charge in [0.15, 0.2) is 0 Å². The lowest BCUT2D eigenvalue weighted by Crippen LogP contribution is -2.30. The van der Waals surface area contributed by atoms with Gasteiger partial charge in [0.1, 0.15) is 5.84 Å². The van der Waals surface area contributed by atoms with Crippen molar-refractivity contribution in [3.05, 3.63) is 54.1 Å². The van der Waals surface area contributed by atoms with Gasteiger partial charge in [-0.1, -0.05) is 48.5 Å². The maximum Gasteiger partial charge on any atom is 0.123 e. The van der Waals surface area contributed by atoms with Gasteiger partial charge >= 0.3 is 0 Å². The van der Waals surface area contributed by atoms with Gasteiger partial charge in [-0.05, 0) is 28.8 Å². The molecule has 0 aliphatic carbocycles. The van der Waals surface area contributed by atoms with E-state index < -0.39 is 0 Å². The second kappa shape index (κ2) is 5.27. The molecule has 2 heteroatoms. The van der Waals surface area contributed by atoms with Crippen LogP contribution in [0, 0.1) is 0 Å². The molecule has 2 aromatic carbocycles. The van der Waals surface area contributed by atoms with Gasteiger partial charge in [-0.3, -0.25) is 4.99 Å². The summed E-state index contributed by atoms with van der Waals surface area (Å²) in [7, 11) is 2.10. The molecule has 19 heavy (non-hydrogen) atoms. The summed E-state index contributed by atoms with van der Waals surface area (Å²) in [6.07, 6.45) is 5.45. The minimum absolute atomic E-state index is 0.944. The predicted molar refractivity (Wildman–Crippen MR) is 82.5 cm³/mol. The van der Waals surface area contributed by atoms with Crippen molar-refractivity contribution in [1.82, 2.24) is 4.90 Å². The first-order valence-electron chi connectivity index (χ1n) is 6.76. The number of benzene rings is 2. The maximum atomic E-state index is 4.56. The van der Waals surface area contributed by atoms with Crippen molar-refractivity contribution in [2.75, 3.05) is 20.1 Å². The van der Waals surface area contributed by atoms with Crippen molar-refractivity contribution in [2.45, 2.75) is 6.42 Å². The molecule has 0 N–H and O–H groups in total. The smallest absolute Gasteiger partial charge is 0.123 e. The van der Waals surface area contributed by atoms with Crippen molar-refractivity contribution in [1.29, 1.82) is 0 Å². The molecule has 0 radical (unpaired) electrons. The number of aliphatic imine (C=N–C) groups is 1. The average molecular weight is 250 g/mol. The predicted octanol–water partition coefficient (Wildman–Crippen LogP) is 3.59. The Morgan fingerprint density at radius 2 is 1.89 bits per heavy atom. The summed E-state index contributed by atoms with van der Waals surface area (Å²) in [6.45, 7) is 2.04. The van der Waals surface area contributed by atoms with Crippen LogP contribution in [0.1, 0.15) is 12.0 Å². The molecule has 0 unspecified atom stereocenters. The normalized spacial score (nSPS) is 16.1. The van der Waals surface area contributed by atoms with Crippen molar-refractivity contribution >= 4 is 22.7 Å². The number of amidine groups is 1. The lowest BCUT2D eigenvalue weighted by atomic mass is 10.0. The molecule has 0 bridgehead atoms. The number of hydrogen-bond donors (Lipinski definition) is 0. The first kappa shape index (κ1) is 12.0. The molecule has 0 spiro atoms. The molecule has 96 valence electrons. The van der Waals surface area contributed by atoms with Crippen molar-refractivity contribution in [2.24, 2.45) is 4.99 Å². The molecule has 2 aromatic rings. The molecule has 3 rings (SSSR count). The Morgan fingerprint density at radius 1 is 1.05 bits per heavy atom. The van der Waals surface area contributed by atoms with E-state index in [2.05, 4.69) is 71.6 Å². The van der Waals surface area contributed by atoms with Crippen LogP contribution in [0.5, 0.6) is 0 Å². The van der Waals surface area contributed by atoms with Crippen LogP contribution in [0.4, 0.5) is 0 Å². The van der Waals surface area contributed by atoms with Crippen molar-refractivity contribution < 1.29 is 0 Å². The fourth-order valence-electron chi connectivity index (χ4n) is 2.48. The minimum Gasteiger partial charge on any atom is -0.360 e. The molecular weight excluding hydrogens is 232 g/mol. The number of hydrogen-bond acceptors (Lipinski definition) is 2. The monoisotopic (exact) mass is 250 g/mol. The van der Waals surface area contributed by atoms with Gasteiger partial charge in [0, 0.05) is 20.1 Å². The van der Waals surface area contributed by atoms with Gasteiger partial charge in [-0.2, -0.15) is 0 Å². The summed E-state index contributed by atoms with van der Waals surface area (Å²) in [6, 6.07) is 14.9. The molecule has 0 atom stereocenters. The zero-order valence-corrected chi connectivity index (χ0v) is 11.2. The number of nitrogens with zero attached hydrogens (tertiary/aromatic N) is 2. The molecular formula is C17H18N2. The summed E-state index contributed by atoms with van der Waals surface area (Å²) in [5, 5.41) is 2.57. The zero-order chi connectivity index (χ0) is 13.1.